The maximum atomic E-state index is 12.4. The van der Waals surface area contributed by atoms with Crippen LogP contribution in [0.1, 0.15) is 0 Å². The maximum absolute atomic E-state index is 12.4. The number of halogens is 3. The first kappa shape index (κ1) is 20.1. The number of rotatable bonds is 7. The van der Waals surface area contributed by atoms with E-state index < -0.39 is 29.1 Å². The molecule has 0 aliphatic rings. The van der Waals surface area contributed by atoms with E-state index in [1.165, 1.54) is 55.6 Å². The van der Waals surface area contributed by atoms with Gasteiger partial charge in [0.05, 0.1) is 11.4 Å². The van der Waals surface area contributed by atoms with Gasteiger partial charge in [0.1, 0.15) is 5.75 Å². The van der Waals surface area contributed by atoms with Crippen LogP contribution in [-0.4, -0.2) is 38.8 Å². The largest absolute Gasteiger partial charge is 0.435 e. The predicted octanol–water partition coefficient (Wildman–Crippen LogP) is 3.20. The lowest BCUT2D eigenvalue weighted by atomic mass is 10.3. The van der Waals surface area contributed by atoms with Crippen LogP contribution in [0.2, 0.25) is 5.02 Å². The Kier molecular flexibility index (Phi) is 6.52. The van der Waals surface area contributed by atoms with E-state index in [1.807, 2.05) is 0 Å². The molecule has 26 heavy (non-hydrogen) atoms. The van der Waals surface area contributed by atoms with Crippen LogP contribution in [0.5, 0.6) is 5.75 Å². The van der Waals surface area contributed by atoms with Crippen molar-refractivity contribution in [2.45, 2.75) is 11.5 Å². The van der Waals surface area contributed by atoms with Gasteiger partial charge in [0, 0.05) is 17.8 Å². The smallest absolute Gasteiger partial charge is 0.387 e. The summed E-state index contributed by atoms with van der Waals surface area (Å²) in [7, 11) is -2.59. The Balaban J connectivity index is 1.99. The van der Waals surface area contributed by atoms with Gasteiger partial charge in [-0.2, -0.15) is 13.1 Å². The van der Waals surface area contributed by atoms with Gasteiger partial charge < -0.3 is 10.1 Å². The van der Waals surface area contributed by atoms with E-state index in [4.69, 9.17) is 11.6 Å². The third kappa shape index (κ3) is 5.38. The number of hydrogen-bond donors (Lipinski definition) is 1. The van der Waals surface area contributed by atoms with E-state index in [0.29, 0.717) is 10.7 Å². The van der Waals surface area contributed by atoms with Crippen molar-refractivity contribution >= 4 is 33.2 Å². The first-order valence-corrected chi connectivity index (χ1v) is 9.07. The van der Waals surface area contributed by atoms with Crippen LogP contribution in [0.3, 0.4) is 0 Å². The first-order valence-electron chi connectivity index (χ1n) is 7.25. The predicted molar refractivity (Wildman–Crippen MR) is 93.0 cm³/mol. The average molecular weight is 405 g/mol. The third-order valence-corrected chi connectivity index (χ3v) is 5.32. The van der Waals surface area contributed by atoms with Crippen molar-refractivity contribution in [1.29, 1.82) is 0 Å². The number of carbonyl (C=O) groups excluding carboxylic acids is 1. The second kappa shape index (κ2) is 8.43. The van der Waals surface area contributed by atoms with Crippen LogP contribution in [0, 0.1) is 0 Å². The highest BCUT2D eigenvalue weighted by Gasteiger charge is 2.22. The van der Waals surface area contributed by atoms with E-state index in [1.54, 1.807) is 0 Å². The van der Waals surface area contributed by atoms with Crippen molar-refractivity contribution < 1.29 is 26.7 Å². The Morgan fingerprint density at radius 3 is 2.27 bits per heavy atom. The highest BCUT2D eigenvalue weighted by Crippen LogP contribution is 2.19. The average Bonchev–Trinajstić information content (AvgIpc) is 2.56. The van der Waals surface area contributed by atoms with Gasteiger partial charge >= 0.3 is 6.61 Å². The van der Waals surface area contributed by atoms with Gasteiger partial charge in [-0.15, -0.1) is 0 Å². The van der Waals surface area contributed by atoms with Gasteiger partial charge in [0.25, 0.3) is 0 Å². The van der Waals surface area contributed by atoms with E-state index in [0.717, 1.165) is 4.31 Å². The molecular weight excluding hydrogens is 390 g/mol. The van der Waals surface area contributed by atoms with Crippen molar-refractivity contribution in [2.75, 3.05) is 18.9 Å². The van der Waals surface area contributed by atoms with E-state index in [-0.39, 0.29) is 10.6 Å². The molecule has 2 aromatic carbocycles. The van der Waals surface area contributed by atoms with Crippen LogP contribution in [-0.2, 0) is 14.8 Å². The van der Waals surface area contributed by atoms with Gasteiger partial charge in [0.15, 0.2) is 0 Å². The van der Waals surface area contributed by atoms with E-state index in [2.05, 4.69) is 10.1 Å². The van der Waals surface area contributed by atoms with Gasteiger partial charge in [0.2, 0.25) is 15.9 Å². The molecule has 0 saturated heterocycles. The summed E-state index contributed by atoms with van der Waals surface area (Å²) < 4.78 is 54.0. The lowest BCUT2D eigenvalue weighted by Crippen LogP contribution is -2.34. The molecule has 0 unspecified atom stereocenters. The Bertz CT molecular complexity index is 859. The van der Waals surface area contributed by atoms with Crippen molar-refractivity contribution in [3.63, 3.8) is 0 Å². The van der Waals surface area contributed by atoms with E-state index >= 15 is 0 Å². The molecule has 2 rings (SSSR count). The summed E-state index contributed by atoms with van der Waals surface area (Å²) in [5, 5.41) is 2.87. The molecule has 0 aliphatic heterocycles. The molecule has 0 fully saturated rings. The number of anilines is 1. The van der Waals surface area contributed by atoms with Crippen LogP contribution in [0.25, 0.3) is 0 Å². The normalized spacial score (nSPS) is 11.6. The second-order valence-corrected chi connectivity index (χ2v) is 7.65. The summed E-state index contributed by atoms with van der Waals surface area (Å²) in [6, 6.07) is 10.8. The molecule has 0 heterocycles. The number of likely N-dealkylation sites (N-methyl/N-ethyl adjacent to an activating group) is 1. The second-order valence-electron chi connectivity index (χ2n) is 5.17. The fourth-order valence-corrected chi connectivity index (χ4v) is 3.25. The summed E-state index contributed by atoms with van der Waals surface area (Å²) in [5.74, 6) is -0.645. The molecule has 0 aliphatic carbocycles. The minimum Gasteiger partial charge on any atom is -0.435 e. The number of alkyl halides is 2. The lowest BCUT2D eigenvalue weighted by Gasteiger charge is -2.17. The molecule has 0 spiro atoms. The zero-order valence-corrected chi connectivity index (χ0v) is 15.1. The summed E-state index contributed by atoms with van der Waals surface area (Å²) in [4.78, 5) is 12.0. The Labute approximate surface area is 154 Å². The monoisotopic (exact) mass is 404 g/mol. The molecule has 6 nitrogen and oxygen atoms in total. The molecule has 0 aromatic heterocycles. The highest BCUT2D eigenvalue weighted by atomic mass is 35.5. The molecule has 0 saturated carbocycles. The Hall–Kier alpha value is -2.23. The molecule has 2 aromatic rings. The number of hydrogen-bond acceptors (Lipinski definition) is 4. The summed E-state index contributed by atoms with van der Waals surface area (Å²) in [5.41, 5.74) is 0.314. The molecule has 0 atom stereocenters. The topological polar surface area (TPSA) is 75.7 Å². The molecule has 0 radical (unpaired) electrons. The fraction of sp³-hybridized carbons (Fsp3) is 0.188. The van der Waals surface area contributed by atoms with Crippen molar-refractivity contribution in [3.8, 4) is 5.75 Å². The van der Waals surface area contributed by atoms with Gasteiger partial charge in [-0.1, -0.05) is 11.6 Å². The molecular formula is C16H15ClF2N2O4S. The first-order chi connectivity index (χ1) is 12.2. The zero-order valence-electron chi connectivity index (χ0n) is 13.5. The third-order valence-electron chi connectivity index (χ3n) is 3.25. The number of sulfonamides is 1. The van der Waals surface area contributed by atoms with Gasteiger partial charge in [-0.3, -0.25) is 4.79 Å². The standard InChI is InChI=1S/C16H15ClF2N2O4S/c1-21(26(23,24)14-8-2-11(17)3-9-14)10-15(22)20-12-4-6-13(7-5-12)25-16(18)19/h2-9,16H,10H2,1H3,(H,20,22). The fourth-order valence-electron chi connectivity index (χ4n) is 1.99. The SMILES string of the molecule is CN(CC(=O)Nc1ccc(OC(F)F)cc1)S(=O)(=O)c1ccc(Cl)cc1. The number of nitrogens with one attached hydrogen (secondary N) is 1. The zero-order chi connectivity index (χ0) is 19.3. The molecule has 10 heteroatoms. The molecule has 0 bridgehead atoms. The minimum absolute atomic E-state index is 0.00528. The van der Waals surface area contributed by atoms with E-state index in [9.17, 15) is 22.0 Å². The number of carbonyl (C=O) groups is 1. The molecule has 140 valence electrons. The number of ether oxygens (including phenoxy) is 1. The van der Waals surface area contributed by atoms with Gasteiger partial charge in [-0.05, 0) is 48.5 Å². The number of benzene rings is 2. The lowest BCUT2D eigenvalue weighted by molar-refractivity contribution is -0.116. The van der Waals surface area contributed by atoms with Crippen molar-refractivity contribution in [2.24, 2.45) is 0 Å². The Morgan fingerprint density at radius 2 is 1.73 bits per heavy atom. The highest BCUT2D eigenvalue weighted by molar-refractivity contribution is 7.89. The Morgan fingerprint density at radius 1 is 1.15 bits per heavy atom. The quantitative estimate of drug-likeness (QED) is 0.769. The van der Waals surface area contributed by atoms with Gasteiger partial charge in [-0.25, -0.2) is 8.42 Å². The van der Waals surface area contributed by atoms with Crippen LogP contribution in [0.15, 0.2) is 53.4 Å². The molecule has 1 N–H and O–H groups in total. The number of amides is 1. The number of nitrogens with zero attached hydrogens (tertiary/aromatic N) is 1. The summed E-state index contributed by atoms with van der Waals surface area (Å²) in [6.45, 7) is -3.37. The minimum atomic E-state index is -3.85. The van der Waals surface area contributed by atoms with Crippen LogP contribution >= 0.6 is 11.6 Å². The summed E-state index contributed by atoms with van der Waals surface area (Å²) in [6.07, 6.45) is 0. The van der Waals surface area contributed by atoms with Crippen LogP contribution < -0.4 is 10.1 Å². The van der Waals surface area contributed by atoms with Crippen molar-refractivity contribution in [3.05, 3.63) is 53.6 Å². The van der Waals surface area contributed by atoms with Crippen molar-refractivity contribution in [1.82, 2.24) is 4.31 Å². The molecule has 1 amide bonds. The van der Waals surface area contributed by atoms with Crippen LogP contribution in [0.4, 0.5) is 14.5 Å². The maximum Gasteiger partial charge on any atom is 0.387 e. The summed E-state index contributed by atoms with van der Waals surface area (Å²) >= 11 is 5.73.